The zero-order valence-corrected chi connectivity index (χ0v) is 17.5. The van der Waals surface area contributed by atoms with Crippen LogP contribution in [0, 0.1) is 10.1 Å². The Morgan fingerprint density at radius 3 is 1.87 bits per heavy atom. The number of carbonyl (C=O) groups excluding carboxylic acids is 1. The number of hydrogen-bond donors (Lipinski definition) is 1. The van der Waals surface area contributed by atoms with Crippen molar-refractivity contribution in [3.05, 3.63) is 79.8 Å². The molecule has 2 aromatic carbocycles. The van der Waals surface area contributed by atoms with E-state index in [1.54, 1.807) is 4.90 Å². The summed E-state index contributed by atoms with van der Waals surface area (Å²) in [7, 11) is 0. The minimum absolute atomic E-state index is 0.0508. The molecule has 1 heterocycles. The summed E-state index contributed by atoms with van der Waals surface area (Å²) < 4.78 is 0. The smallest absolute Gasteiger partial charge is 0.358 e. The predicted molar refractivity (Wildman–Crippen MR) is 114 cm³/mol. The lowest BCUT2D eigenvalue weighted by atomic mass is 9.96. The Hall–Kier alpha value is -2.68. The van der Waals surface area contributed by atoms with Gasteiger partial charge in [-0.25, -0.2) is 0 Å². The first-order chi connectivity index (χ1) is 14.4. The van der Waals surface area contributed by atoms with Crippen LogP contribution in [0.3, 0.4) is 0 Å². The van der Waals surface area contributed by atoms with Crippen LogP contribution in [0.15, 0.2) is 53.7 Å². The Morgan fingerprint density at radius 2 is 1.47 bits per heavy atom. The van der Waals surface area contributed by atoms with Crippen molar-refractivity contribution in [2.75, 3.05) is 26.2 Å². The summed E-state index contributed by atoms with van der Waals surface area (Å²) >= 11 is 12.1. The van der Waals surface area contributed by atoms with Crippen LogP contribution in [0.4, 0.5) is 0 Å². The summed E-state index contributed by atoms with van der Waals surface area (Å²) in [6, 6.07) is 15.2. The average Bonchev–Trinajstić information content (AvgIpc) is 2.75. The maximum absolute atomic E-state index is 12.3. The molecule has 0 bridgehead atoms. The van der Waals surface area contributed by atoms with Crippen molar-refractivity contribution in [1.29, 1.82) is 0 Å². The van der Waals surface area contributed by atoms with E-state index in [0.717, 1.165) is 11.1 Å². The van der Waals surface area contributed by atoms with Crippen molar-refractivity contribution in [1.82, 2.24) is 9.80 Å². The first kappa shape index (κ1) is 22.0. The predicted octanol–water partition coefficient (Wildman–Crippen LogP) is 3.68. The van der Waals surface area contributed by atoms with Gasteiger partial charge in [0.25, 0.3) is 0 Å². The van der Waals surface area contributed by atoms with Gasteiger partial charge in [0, 0.05) is 36.2 Å². The lowest BCUT2D eigenvalue weighted by molar-refractivity contribution is -0.354. The van der Waals surface area contributed by atoms with E-state index in [4.69, 9.17) is 28.4 Å². The normalized spacial score (nSPS) is 15.4. The van der Waals surface area contributed by atoms with Crippen LogP contribution in [-0.2, 0) is 4.79 Å². The van der Waals surface area contributed by atoms with E-state index in [-0.39, 0.29) is 6.04 Å². The van der Waals surface area contributed by atoms with Crippen LogP contribution < -0.4 is 0 Å². The standard InChI is InChI=1S/C20H20Cl2N4O4/c21-16-5-1-14(2-6-16)20(15-3-7-17(22)8-4-15)25-11-9-24(10-12-25)19(27)13-18(23-28)26(29)30/h1-8,20,28H,9-13H2/b23-18+. The number of oxime groups is 1. The second kappa shape index (κ2) is 9.88. The molecule has 0 radical (unpaired) electrons. The SMILES string of the molecule is O=C(C/C(=N\O)[N+](=O)[O-])N1CCN(C(c2ccc(Cl)cc2)c2ccc(Cl)cc2)CC1. The molecular formula is C20H20Cl2N4O4. The Morgan fingerprint density at radius 1 is 1.00 bits per heavy atom. The van der Waals surface area contributed by atoms with E-state index in [9.17, 15) is 14.9 Å². The Bertz CT molecular complexity index is 881. The monoisotopic (exact) mass is 450 g/mol. The number of nitro groups is 1. The van der Waals surface area contributed by atoms with Crippen LogP contribution >= 0.6 is 23.2 Å². The summed E-state index contributed by atoms with van der Waals surface area (Å²) in [6.45, 7) is 1.97. The Kier molecular flexibility index (Phi) is 7.25. The number of hydrogen-bond acceptors (Lipinski definition) is 6. The molecule has 1 fully saturated rings. The number of carbonyl (C=O) groups is 1. The van der Waals surface area contributed by atoms with E-state index < -0.39 is 23.1 Å². The summed E-state index contributed by atoms with van der Waals surface area (Å²) in [5.41, 5.74) is 2.12. The zero-order chi connectivity index (χ0) is 21.7. The number of nitrogens with zero attached hydrogens (tertiary/aromatic N) is 4. The minimum Gasteiger partial charge on any atom is -0.358 e. The van der Waals surface area contributed by atoms with Gasteiger partial charge >= 0.3 is 5.84 Å². The maximum atomic E-state index is 12.3. The first-order valence-electron chi connectivity index (χ1n) is 9.27. The van der Waals surface area contributed by atoms with Crippen molar-refractivity contribution in [2.45, 2.75) is 12.5 Å². The number of rotatable bonds is 5. The number of halogens is 2. The molecule has 1 saturated heterocycles. The molecule has 1 aliphatic heterocycles. The van der Waals surface area contributed by atoms with Gasteiger partial charge in [-0.1, -0.05) is 47.5 Å². The highest BCUT2D eigenvalue weighted by atomic mass is 35.5. The lowest BCUT2D eigenvalue weighted by Crippen LogP contribution is -2.50. The highest BCUT2D eigenvalue weighted by Crippen LogP contribution is 2.31. The number of benzene rings is 2. The molecule has 0 unspecified atom stereocenters. The van der Waals surface area contributed by atoms with E-state index in [1.165, 1.54) is 0 Å². The third-order valence-corrected chi connectivity index (χ3v) is 5.54. The Balaban J connectivity index is 1.75. The molecule has 0 saturated carbocycles. The molecule has 0 aromatic heterocycles. The molecule has 158 valence electrons. The zero-order valence-electron chi connectivity index (χ0n) is 15.9. The highest BCUT2D eigenvalue weighted by Gasteiger charge is 2.30. The van der Waals surface area contributed by atoms with Crippen LogP contribution in [0.5, 0.6) is 0 Å². The van der Waals surface area contributed by atoms with Crippen LogP contribution in [0.2, 0.25) is 10.0 Å². The van der Waals surface area contributed by atoms with Gasteiger partial charge in [-0.3, -0.25) is 9.69 Å². The van der Waals surface area contributed by atoms with Crippen molar-refractivity contribution in [3.63, 3.8) is 0 Å². The summed E-state index contributed by atoms with van der Waals surface area (Å²) in [4.78, 5) is 26.0. The molecule has 30 heavy (non-hydrogen) atoms. The van der Waals surface area contributed by atoms with E-state index in [0.29, 0.717) is 36.2 Å². The van der Waals surface area contributed by atoms with Crippen LogP contribution in [-0.4, -0.2) is 57.9 Å². The molecule has 0 aliphatic carbocycles. The number of amidine groups is 1. The molecule has 3 rings (SSSR count). The van der Waals surface area contributed by atoms with Gasteiger partial charge in [-0.2, -0.15) is 0 Å². The fourth-order valence-corrected chi connectivity index (χ4v) is 3.77. The van der Waals surface area contributed by atoms with Gasteiger partial charge in [0.05, 0.1) is 6.04 Å². The summed E-state index contributed by atoms with van der Waals surface area (Å²) in [6.07, 6.45) is -0.540. The average molecular weight is 451 g/mol. The molecule has 1 amide bonds. The number of piperazine rings is 1. The summed E-state index contributed by atoms with van der Waals surface area (Å²) in [5, 5.41) is 23.4. The third-order valence-electron chi connectivity index (χ3n) is 5.04. The van der Waals surface area contributed by atoms with E-state index in [1.807, 2.05) is 48.5 Å². The van der Waals surface area contributed by atoms with Gasteiger partial charge in [-0.05, 0) is 40.3 Å². The highest BCUT2D eigenvalue weighted by molar-refractivity contribution is 6.30. The number of amides is 1. The van der Waals surface area contributed by atoms with Gasteiger partial charge in [0.2, 0.25) is 5.91 Å². The van der Waals surface area contributed by atoms with Crippen molar-refractivity contribution >= 4 is 34.9 Å². The van der Waals surface area contributed by atoms with Gasteiger partial charge in [0.15, 0.2) is 5.16 Å². The van der Waals surface area contributed by atoms with Crippen molar-refractivity contribution in [2.24, 2.45) is 5.16 Å². The van der Waals surface area contributed by atoms with Gasteiger partial charge < -0.3 is 20.2 Å². The molecule has 1 aliphatic rings. The lowest BCUT2D eigenvalue weighted by Gasteiger charge is -2.39. The molecule has 0 spiro atoms. The fourth-order valence-electron chi connectivity index (χ4n) is 3.52. The van der Waals surface area contributed by atoms with Gasteiger partial charge in [-0.15, -0.1) is 0 Å². The molecular weight excluding hydrogens is 431 g/mol. The molecule has 8 nitrogen and oxygen atoms in total. The third kappa shape index (κ3) is 5.27. The second-order valence-electron chi connectivity index (χ2n) is 6.87. The van der Waals surface area contributed by atoms with Crippen LogP contribution in [0.25, 0.3) is 0 Å². The molecule has 1 N–H and O–H groups in total. The quantitative estimate of drug-likeness (QED) is 0.246. The molecule has 0 atom stereocenters. The summed E-state index contributed by atoms with van der Waals surface area (Å²) in [5.74, 6) is -1.20. The molecule has 2 aromatic rings. The van der Waals surface area contributed by atoms with E-state index >= 15 is 0 Å². The Labute approximate surface area is 183 Å². The fraction of sp³-hybridized carbons (Fsp3) is 0.300. The maximum Gasteiger partial charge on any atom is 0.394 e. The van der Waals surface area contributed by atoms with Crippen LogP contribution in [0.1, 0.15) is 23.6 Å². The van der Waals surface area contributed by atoms with Gasteiger partial charge in [0.1, 0.15) is 6.42 Å². The van der Waals surface area contributed by atoms with E-state index in [2.05, 4.69) is 10.1 Å². The minimum atomic E-state index is -0.856. The molecule has 10 heteroatoms. The topological polar surface area (TPSA) is 99.3 Å². The largest absolute Gasteiger partial charge is 0.394 e. The van der Waals surface area contributed by atoms with Crippen molar-refractivity contribution in [3.8, 4) is 0 Å². The first-order valence-corrected chi connectivity index (χ1v) is 10.0. The van der Waals surface area contributed by atoms with Crippen molar-refractivity contribution < 1.29 is 14.9 Å². The second-order valence-corrected chi connectivity index (χ2v) is 7.75.